The van der Waals surface area contributed by atoms with Crippen molar-refractivity contribution in [1.29, 1.82) is 0 Å². The van der Waals surface area contributed by atoms with Crippen LogP contribution in [0.1, 0.15) is 18.4 Å². The Bertz CT molecular complexity index is 529. The first-order chi connectivity index (χ1) is 8.46. The molecule has 0 aromatic carbocycles. The summed E-state index contributed by atoms with van der Waals surface area (Å²) in [6.07, 6.45) is 3.90. The Kier molecular flexibility index (Phi) is 4.24. The van der Waals surface area contributed by atoms with Crippen LogP contribution in [0.2, 0.25) is 0 Å². The van der Waals surface area contributed by atoms with Gasteiger partial charge in [0.2, 0.25) is 10.0 Å². The topological polar surface area (TPSA) is 71.1 Å². The molecule has 0 aliphatic heterocycles. The lowest BCUT2D eigenvalue weighted by Gasteiger charge is -2.08. The number of pyridine rings is 1. The zero-order valence-electron chi connectivity index (χ0n) is 10.1. The third-order valence-corrected chi connectivity index (χ3v) is 4.78. The molecule has 1 aromatic rings. The van der Waals surface area contributed by atoms with Gasteiger partial charge >= 0.3 is 0 Å². The summed E-state index contributed by atoms with van der Waals surface area (Å²) in [6, 6.07) is 2.23. The predicted octanol–water partition coefficient (Wildman–Crippen LogP) is 1.65. The molecule has 0 amide bonds. The second-order valence-corrected chi connectivity index (χ2v) is 7.16. The molecule has 0 unspecified atom stereocenters. The van der Waals surface area contributed by atoms with Crippen LogP contribution in [-0.4, -0.2) is 31.7 Å². The highest BCUT2D eigenvalue weighted by molar-refractivity contribution is 9.10. The van der Waals surface area contributed by atoms with Gasteiger partial charge in [0, 0.05) is 23.3 Å². The van der Waals surface area contributed by atoms with Gasteiger partial charge in [-0.2, -0.15) is 0 Å². The van der Waals surface area contributed by atoms with Gasteiger partial charge in [0.05, 0.1) is 5.75 Å². The van der Waals surface area contributed by atoms with Crippen LogP contribution in [0.15, 0.2) is 16.7 Å². The van der Waals surface area contributed by atoms with Gasteiger partial charge in [0.25, 0.3) is 0 Å². The molecular formula is C11H16BrN3O2S. The Morgan fingerprint density at radius 2 is 2.22 bits per heavy atom. The molecule has 2 N–H and O–H groups in total. The van der Waals surface area contributed by atoms with Crippen LogP contribution in [0, 0.1) is 6.92 Å². The van der Waals surface area contributed by atoms with Crippen molar-refractivity contribution in [3.63, 3.8) is 0 Å². The number of hydrogen-bond donors (Lipinski definition) is 2. The number of aromatic nitrogens is 1. The third kappa shape index (κ3) is 4.22. The summed E-state index contributed by atoms with van der Waals surface area (Å²) in [4.78, 5) is 4.02. The second-order valence-electron chi connectivity index (χ2n) is 4.47. The molecular weight excluding hydrogens is 318 g/mol. The molecule has 1 aromatic heterocycles. The molecule has 18 heavy (non-hydrogen) atoms. The van der Waals surface area contributed by atoms with Crippen LogP contribution < -0.4 is 10.0 Å². The Morgan fingerprint density at radius 3 is 2.83 bits per heavy atom. The lowest BCUT2D eigenvalue weighted by atomic mass is 10.3. The smallest absolute Gasteiger partial charge is 0.235 e. The molecule has 5 nitrogen and oxygen atoms in total. The lowest BCUT2D eigenvalue weighted by Crippen LogP contribution is -2.28. The van der Waals surface area contributed by atoms with Gasteiger partial charge in [-0.3, -0.25) is 4.72 Å². The minimum absolute atomic E-state index is 0.0697. The normalized spacial score (nSPS) is 15.7. The van der Waals surface area contributed by atoms with Crippen LogP contribution in [0.3, 0.4) is 0 Å². The summed E-state index contributed by atoms with van der Waals surface area (Å²) >= 11 is 3.32. The predicted molar refractivity (Wildman–Crippen MR) is 75.1 cm³/mol. The Balaban J connectivity index is 1.91. The van der Waals surface area contributed by atoms with Gasteiger partial charge in [-0.1, -0.05) is 0 Å². The molecule has 100 valence electrons. The number of rotatable bonds is 6. The second kappa shape index (κ2) is 5.54. The maximum absolute atomic E-state index is 11.8. The molecule has 0 atom stereocenters. The number of nitrogens with one attached hydrogen (secondary N) is 2. The summed E-state index contributed by atoms with van der Waals surface area (Å²) in [5.74, 6) is 0.433. The van der Waals surface area contributed by atoms with Gasteiger partial charge in [0.15, 0.2) is 0 Å². The number of hydrogen-bond acceptors (Lipinski definition) is 4. The largest absolute Gasteiger partial charge is 0.313 e. The van der Waals surface area contributed by atoms with Crippen molar-refractivity contribution in [1.82, 2.24) is 10.3 Å². The first-order valence-corrected chi connectivity index (χ1v) is 8.27. The fourth-order valence-corrected chi connectivity index (χ4v) is 2.63. The molecule has 0 radical (unpaired) electrons. The van der Waals surface area contributed by atoms with E-state index in [1.165, 1.54) is 0 Å². The maximum Gasteiger partial charge on any atom is 0.235 e. The Hall–Kier alpha value is -0.660. The zero-order valence-corrected chi connectivity index (χ0v) is 12.5. The van der Waals surface area contributed by atoms with Gasteiger partial charge in [-0.05, 0) is 47.3 Å². The molecule has 1 saturated carbocycles. The molecule has 1 aliphatic carbocycles. The average Bonchev–Trinajstić information content (AvgIpc) is 3.07. The number of anilines is 1. The van der Waals surface area contributed by atoms with Crippen LogP contribution in [0.25, 0.3) is 0 Å². The quantitative estimate of drug-likeness (QED) is 0.830. The highest BCUT2D eigenvalue weighted by atomic mass is 79.9. The number of nitrogens with zero attached hydrogens (tertiary/aromatic N) is 1. The zero-order chi connectivity index (χ0) is 13.2. The number of aryl methyl sites for hydroxylation is 1. The number of halogens is 1. The summed E-state index contributed by atoms with van der Waals surface area (Å²) in [5, 5.41) is 3.17. The summed E-state index contributed by atoms with van der Waals surface area (Å²) < 4.78 is 26.9. The van der Waals surface area contributed by atoms with Gasteiger partial charge < -0.3 is 5.32 Å². The average molecular weight is 334 g/mol. The maximum atomic E-state index is 11.8. The molecule has 7 heteroatoms. The Labute approximate surface area is 116 Å². The van der Waals surface area contributed by atoms with E-state index >= 15 is 0 Å². The summed E-state index contributed by atoms with van der Waals surface area (Å²) in [7, 11) is -3.32. The highest BCUT2D eigenvalue weighted by Gasteiger charge is 2.21. The highest BCUT2D eigenvalue weighted by Crippen LogP contribution is 2.19. The van der Waals surface area contributed by atoms with E-state index in [1.54, 1.807) is 12.3 Å². The molecule has 2 rings (SSSR count). The van der Waals surface area contributed by atoms with Crippen molar-refractivity contribution in [3.8, 4) is 0 Å². The summed E-state index contributed by atoms with van der Waals surface area (Å²) in [5.41, 5.74) is 0.943. The number of sulfonamides is 1. The molecule has 0 bridgehead atoms. The minimum Gasteiger partial charge on any atom is -0.313 e. The van der Waals surface area contributed by atoms with Gasteiger partial charge in [-0.25, -0.2) is 13.4 Å². The van der Waals surface area contributed by atoms with Crippen molar-refractivity contribution >= 4 is 31.8 Å². The lowest BCUT2D eigenvalue weighted by molar-refractivity contribution is 0.595. The van der Waals surface area contributed by atoms with E-state index in [4.69, 9.17) is 0 Å². The minimum atomic E-state index is -3.32. The van der Waals surface area contributed by atoms with E-state index in [-0.39, 0.29) is 5.75 Å². The Morgan fingerprint density at radius 1 is 1.50 bits per heavy atom. The van der Waals surface area contributed by atoms with Gasteiger partial charge in [-0.15, -0.1) is 0 Å². The van der Waals surface area contributed by atoms with Crippen molar-refractivity contribution in [2.24, 2.45) is 0 Å². The fraction of sp³-hybridized carbons (Fsp3) is 0.545. The monoisotopic (exact) mass is 333 g/mol. The summed E-state index contributed by atoms with van der Waals surface area (Å²) in [6.45, 7) is 2.37. The standard InChI is InChI=1S/C11H16BrN3O2S/c1-8-6-11(14-7-10(8)12)15-18(16,17)5-4-13-9-2-3-9/h6-7,9,13H,2-5H2,1H3,(H,14,15). The van der Waals surface area contributed by atoms with E-state index in [1.807, 2.05) is 6.92 Å². The van der Waals surface area contributed by atoms with Crippen LogP contribution >= 0.6 is 15.9 Å². The van der Waals surface area contributed by atoms with Crippen LogP contribution in [0.4, 0.5) is 5.82 Å². The first kappa shape index (κ1) is 13.8. The van der Waals surface area contributed by atoms with E-state index < -0.39 is 10.0 Å². The van der Waals surface area contributed by atoms with Gasteiger partial charge in [0.1, 0.15) is 5.82 Å². The third-order valence-electron chi connectivity index (χ3n) is 2.69. The first-order valence-electron chi connectivity index (χ1n) is 5.82. The molecule has 1 heterocycles. The van der Waals surface area contributed by atoms with Crippen molar-refractivity contribution in [3.05, 3.63) is 22.3 Å². The molecule has 1 fully saturated rings. The van der Waals surface area contributed by atoms with Crippen molar-refractivity contribution in [2.75, 3.05) is 17.0 Å². The van der Waals surface area contributed by atoms with Crippen LogP contribution in [-0.2, 0) is 10.0 Å². The molecule has 0 saturated heterocycles. The van der Waals surface area contributed by atoms with E-state index in [0.29, 0.717) is 18.4 Å². The van der Waals surface area contributed by atoms with E-state index in [0.717, 1.165) is 22.9 Å². The van der Waals surface area contributed by atoms with Crippen molar-refractivity contribution < 1.29 is 8.42 Å². The van der Waals surface area contributed by atoms with Crippen LogP contribution in [0.5, 0.6) is 0 Å². The van der Waals surface area contributed by atoms with E-state index in [2.05, 4.69) is 31.0 Å². The molecule has 1 aliphatic rings. The fourth-order valence-electron chi connectivity index (χ4n) is 1.49. The van der Waals surface area contributed by atoms with E-state index in [9.17, 15) is 8.42 Å². The van der Waals surface area contributed by atoms with Crippen molar-refractivity contribution in [2.45, 2.75) is 25.8 Å². The SMILES string of the molecule is Cc1cc(NS(=O)(=O)CCNC2CC2)ncc1Br. The molecule has 0 spiro atoms.